The maximum Gasteiger partial charge on any atom is 0.313 e. The van der Waals surface area contributed by atoms with Crippen molar-refractivity contribution in [3.05, 3.63) is 29.6 Å². The molecular weight excluding hydrogens is 255 g/mol. The van der Waals surface area contributed by atoms with Gasteiger partial charge in [-0.3, -0.25) is 14.4 Å². The molecule has 0 aliphatic rings. The van der Waals surface area contributed by atoms with E-state index in [-0.39, 0.29) is 17.9 Å². The lowest BCUT2D eigenvalue weighted by Crippen LogP contribution is -2.17. The fourth-order valence-electron chi connectivity index (χ4n) is 1.29. The average Bonchev–Trinajstić information content (AvgIpc) is 2.37. The minimum Gasteiger partial charge on any atom is -0.483 e. The summed E-state index contributed by atoms with van der Waals surface area (Å²) in [6, 6.07) is 3.61. The van der Waals surface area contributed by atoms with Gasteiger partial charge >= 0.3 is 5.97 Å². The summed E-state index contributed by atoms with van der Waals surface area (Å²) >= 11 is 0. The number of ketones is 1. The molecular formula is C13H13FO5. The molecule has 0 saturated carbocycles. The maximum atomic E-state index is 13.4. The van der Waals surface area contributed by atoms with Gasteiger partial charge in [-0.1, -0.05) is 0 Å². The van der Waals surface area contributed by atoms with E-state index < -0.39 is 30.6 Å². The summed E-state index contributed by atoms with van der Waals surface area (Å²) in [7, 11) is 0. The van der Waals surface area contributed by atoms with Crippen LogP contribution in [0.3, 0.4) is 0 Å². The molecule has 0 aliphatic heterocycles. The van der Waals surface area contributed by atoms with Crippen LogP contribution >= 0.6 is 0 Å². The highest BCUT2D eigenvalue weighted by molar-refractivity contribution is 5.96. The highest BCUT2D eigenvalue weighted by Gasteiger charge is 2.12. The third-order valence-electron chi connectivity index (χ3n) is 2.13. The third kappa shape index (κ3) is 4.87. The molecule has 102 valence electrons. The van der Waals surface area contributed by atoms with Crippen LogP contribution in [0.4, 0.5) is 4.39 Å². The van der Waals surface area contributed by atoms with Crippen LogP contribution in [0, 0.1) is 5.82 Å². The summed E-state index contributed by atoms with van der Waals surface area (Å²) in [4.78, 5) is 32.7. The van der Waals surface area contributed by atoms with Gasteiger partial charge in [0, 0.05) is 5.56 Å². The summed E-state index contributed by atoms with van der Waals surface area (Å²) in [5.41, 5.74) is 0.169. The molecule has 1 rings (SSSR count). The first kappa shape index (κ1) is 14.8. The molecule has 0 N–H and O–H groups in total. The summed E-state index contributed by atoms with van der Waals surface area (Å²) in [6.07, 6.45) is 0.0840. The number of carbonyl (C=O) groups excluding carboxylic acids is 3. The zero-order valence-corrected chi connectivity index (χ0v) is 10.3. The normalized spacial score (nSPS) is 9.79. The van der Waals surface area contributed by atoms with Crippen molar-refractivity contribution in [1.29, 1.82) is 0 Å². The number of hydrogen-bond acceptors (Lipinski definition) is 5. The molecule has 0 heterocycles. The lowest BCUT2D eigenvalue weighted by Gasteiger charge is -2.06. The molecule has 0 bridgehead atoms. The quantitative estimate of drug-likeness (QED) is 0.426. The van der Waals surface area contributed by atoms with E-state index in [1.807, 2.05) is 0 Å². The summed E-state index contributed by atoms with van der Waals surface area (Å²) in [6.45, 7) is 1.38. The summed E-state index contributed by atoms with van der Waals surface area (Å²) in [5.74, 6) is -2.05. The lowest BCUT2D eigenvalue weighted by atomic mass is 10.2. The first-order chi connectivity index (χ1) is 9.06. The van der Waals surface area contributed by atoms with Crippen LogP contribution in [-0.4, -0.2) is 31.3 Å². The molecule has 5 nitrogen and oxygen atoms in total. The van der Waals surface area contributed by atoms with Gasteiger partial charge in [0.25, 0.3) is 0 Å². The highest BCUT2D eigenvalue weighted by Crippen LogP contribution is 2.17. The Bertz CT molecular complexity index is 484. The minimum atomic E-state index is -0.742. The van der Waals surface area contributed by atoms with Crippen LogP contribution in [0.5, 0.6) is 5.75 Å². The number of carbonyl (C=O) groups is 3. The van der Waals surface area contributed by atoms with E-state index in [9.17, 15) is 18.8 Å². The number of aldehydes is 1. The standard InChI is InChI=1S/C13H13FO5/c1-2-18-13(17)6-10(16)8-19-12-4-3-9(7-15)5-11(12)14/h3-5,7H,2,6,8H2,1H3. The van der Waals surface area contributed by atoms with Crippen molar-refractivity contribution in [3.63, 3.8) is 0 Å². The molecule has 0 saturated heterocycles. The van der Waals surface area contributed by atoms with Gasteiger partial charge in [0.2, 0.25) is 0 Å². The number of halogens is 1. The Morgan fingerprint density at radius 3 is 2.68 bits per heavy atom. The molecule has 19 heavy (non-hydrogen) atoms. The van der Waals surface area contributed by atoms with E-state index in [1.54, 1.807) is 6.92 Å². The Balaban J connectivity index is 2.50. The Kier molecular flexibility index (Phi) is 5.66. The maximum absolute atomic E-state index is 13.4. The predicted octanol–water partition coefficient (Wildman–Crippen LogP) is 1.54. The second-order valence-corrected chi connectivity index (χ2v) is 3.62. The van der Waals surface area contributed by atoms with Crippen molar-refractivity contribution in [2.45, 2.75) is 13.3 Å². The molecule has 1 aromatic carbocycles. The number of esters is 1. The molecule has 0 unspecified atom stereocenters. The van der Waals surface area contributed by atoms with Crippen molar-refractivity contribution in [2.24, 2.45) is 0 Å². The predicted molar refractivity (Wildman–Crippen MR) is 63.5 cm³/mol. The van der Waals surface area contributed by atoms with Gasteiger partial charge in [-0.2, -0.15) is 0 Å². The first-order valence-electron chi connectivity index (χ1n) is 5.61. The van der Waals surface area contributed by atoms with E-state index in [0.717, 1.165) is 6.07 Å². The second kappa shape index (κ2) is 7.25. The number of Topliss-reactive ketones (excluding diaryl/α,β-unsaturated/α-hetero) is 1. The Labute approximate surface area is 109 Å². The van der Waals surface area contributed by atoms with Crippen LogP contribution < -0.4 is 4.74 Å². The SMILES string of the molecule is CCOC(=O)CC(=O)COc1ccc(C=O)cc1F. The van der Waals surface area contributed by atoms with Gasteiger partial charge in [0.05, 0.1) is 6.61 Å². The lowest BCUT2D eigenvalue weighted by molar-refractivity contribution is -0.145. The highest BCUT2D eigenvalue weighted by atomic mass is 19.1. The fraction of sp³-hybridized carbons (Fsp3) is 0.308. The monoisotopic (exact) mass is 268 g/mol. The molecule has 6 heteroatoms. The van der Waals surface area contributed by atoms with Gasteiger partial charge in [-0.25, -0.2) is 4.39 Å². The van der Waals surface area contributed by atoms with Crippen molar-refractivity contribution in [2.75, 3.05) is 13.2 Å². The van der Waals surface area contributed by atoms with Crippen molar-refractivity contribution < 1.29 is 28.2 Å². The molecule has 0 spiro atoms. The van der Waals surface area contributed by atoms with Crippen LogP contribution in [0.2, 0.25) is 0 Å². The van der Waals surface area contributed by atoms with E-state index in [1.165, 1.54) is 12.1 Å². The Hall–Kier alpha value is -2.24. The molecule has 0 fully saturated rings. The molecule has 0 aliphatic carbocycles. The number of rotatable bonds is 7. The van der Waals surface area contributed by atoms with Crippen molar-refractivity contribution >= 4 is 18.0 Å². The molecule has 1 aromatic rings. The third-order valence-corrected chi connectivity index (χ3v) is 2.13. The van der Waals surface area contributed by atoms with Crippen LogP contribution in [0.25, 0.3) is 0 Å². The number of ether oxygens (including phenoxy) is 2. The molecule has 0 amide bonds. The average molecular weight is 268 g/mol. The minimum absolute atomic E-state index is 0.150. The van der Waals surface area contributed by atoms with Gasteiger partial charge in [0.15, 0.2) is 17.3 Å². The van der Waals surface area contributed by atoms with E-state index in [2.05, 4.69) is 4.74 Å². The van der Waals surface area contributed by atoms with Gasteiger partial charge < -0.3 is 9.47 Å². The Morgan fingerprint density at radius 1 is 1.37 bits per heavy atom. The molecule has 0 atom stereocenters. The van der Waals surface area contributed by atoms with E-state index in [4.69, 9.17) is 4.74 Å². The first-order valence-corrected chi connectivity index (χ1v) is 5.61. The van der Waals surface area contributed by atoms with Crippen LogP contribution in [0.1, 0.15) is 23.7 Å². The van der Waals surface area contributed by atoms with Gasteiger partial charge in [-0.05, 0) is 25.1 Å². The van der Waals surface area contributed by atoms with Crippen molar-refractivity contribution in [3.8, 4) is 5.75 Å². The zero-order chi connectivity index (χ0) is 14.3. The van der Waals surface area contributed by atoms with Gasteiger partial charge in [-0.15, -0.1) is 0 Å². The van der Waals surface area contributed by atoms with Crippen LogP contribution in [-0.2, 0) is 14.3 Å². The van der Waals surface area contributed by atoms with Crippen molar-refractivity contribution in [1.82, 2.24) is 0 Å². The topological polar surface area (TPSA) is 69.7 Å². The largest absolute Gasteiger partial charge is 0.483 e. The second-order valence-electron chi connectivity index (χ2n) is 3.62. The zero-order valence-electron chi connectivity index (χ0n) is 10.3. The molecule has 0 aromatic heterocycles. The number of benzene rings is 1. The van der Waals surface area contributed by atoms with E-state index >= 15 is 0 Å². The Morgan fingerprint density at radius 2 is 2.11 bits per heavy atom. The molecule has 0 radical (unpaired) electrons. The van der Waals surface area contributed by atoms with Gasteiger partial charge in [0.1, 0.15) is 19.3 Å². The summed E-state index contributed by atoms with van der Waals surface area (Å²) < 4.78 is 22.9. The summed E-state index contributed by atoms with van der Waals surface area (Å²) in [5, 5.41) is 0. The van der Waals surface area contributed by atoms with E-state index in [0.29, 0.717) is 6.29 Å². The van der Waals surface area contributed by atoms with Crippen LogP contribution in [0.15, 0.2) is 18.2 Å². The fourth-order valence-corrected chi connectivity index (χ4v) is 1.29. The smallest absolute Gasteiger partial charge is 0.313 e. The number of hydrogen-bond donors (Lipinski definition) is 0.